The Kier molecular flexibility index (Phi) is 4.78. The summed E-state index contributed by atoms with van der Waals surface area (Å²) in [5.74, 6) is 0.296. The molecular weight excluding hydrogens is 244 g/mol. The summed E-state index contributed by atoms with van der Waals surface area (Å²) in [5, 5.41) is 4.25. The van der Waals surface area contributed by atoms with Crippen LogP contribution in [0.5, 0.6) is 0 Å². The van der Waals surface area contributed by atoms with Gasteiger partial charge in [-0.3, -0.25) is 4.79 Å². The van der Waals surface area contributed by atoms with Gasteiger partial charge in [0, 0.05) is 19.0 Å². The minimum absolute atomic E-state index is 0.198. The van der Waals surface area contributed by atoms with E-state index in [0.717, 1.165) is 32.2 Å². The molecule has 3 nitrogen and oxygen atoms in total. The lowest BCUT2D eigenvalue weighted by atomic mass is 10.1. The number of nitrogens with zero attached hydrogens (tertiary/aromatic N) is 1. The summed E-state index contributed by atoms with van der Waals surface area (Å²) in [5.41, 5.74) is 7.02. The lowest BCUT2D eigenvalue weighted by molar-refractivity contribution is -0.132. The number of likely N-dealkylation sites (tertiary alicyclic amines) is 1. The molecule has 0 spiro atoms. The van der Waals surface area contributed by atoms with Crippen molar-refractivity contribution in [1.29, 1.82) is 0 Å². The van der Waals surface area contributed by atoms with Gasteiger partial charge < -0.3 is 10.6 Å². The summed E-state index contributed by atoms with van der Waals surface area (Å²) in [4.78, 5) is 14.3. The van der Waals surface area contributed by atoms with Gasteiger partial charge >= 0.3 is 0 Å². The Hall–Kier alpha value is -0.870. The standard InChI is InChI=1S/C14H22N2OS/c1-11(15)4-2-6-14(17)16-8-3-5-13(16)12-7-9-18-10-12/h7,9-11,13H,2-6,8,15H2,1H3. The Balaban J connectivity index is 1.89. The number of carbonyl (C=O) groups is 1. The Bertz CT molecular complexity index is 375. The molecule has 0 bridgehead atoms. The van der Waals surface area contributed by atoms with Crippen molar-refractivity contribution in [3.8, 4) is 0 Å². The molecule has 0 aromatic carbocycles. The fraction of sp³-hybridized carbons (Fsp3) is 0.643. The average Bonchev–Trinajstić information content (AvgIpc) is 2.99. The highest BCUT2D eigenvalue weighted by Gasteiger charge is 2.29. The Morgan fingerprint density at radius 2 is 2.50 bits per heavy atom. The molecule has 2 N–H and O–H groups in total. The number of thiophene rings is 1. The first kappa shape index (κ1) is 13.6. The minimum Gasteiger partial charge on any atom is -0.336 e. The van der Waals surface area contributed by atoms with Gasteiger partial charge in [-0.25, -0.2) is 0 Å². The third-order valence-corrected chi connectivity index (χ3v) is 4.25. The first-order chi connectivity index (χ1) is 8.68. The molecule has 1 aromatic heterocycles. The van der Waals surface area contributed by atoms with Crippen molar-refractivity contribution in [1.82, 2.24) is 4.90 Å². The van der Waals surface area contributed by atoms with Crippen LogP contribution >= 0.6 is 11.3 Å². The molecule has 2 unspecified atom stereocenters. The van der Waals surface area contributed by atoms with E-state index in [-0.39, 0.29) is 6.04 Å². The van der Waals surface area contributed by atoms with Crippen molar-refractivity contribution in [3.63, 3.8) is 0 Å². The highest BCUT2D eigenvalue weighted by molar-refractivity contribution is 7.07. The topological polar surface area (TPSA) is 46.3 Å². The molecule has 1 aliphatic heterocycles. The molecule has 1 fully saturated rings. The van der Waals surface area contributed by atoms with Crippen molar-refractivity contribution in [3.05, 3.63) is 22.4 Å². The van der Waals surface area contributed by atoms with Crippen molar-refractivity contribution < 1.29 is 4.79 Å². The van der Waals surface area contributed by atoms with Gasteiger partial charge in [0.05, 0.1) is 6.04 Å². The van der Waals surface area contributed by atoms with E-state index in [9.17, 15) is 4.79 Å². The zero-order valence-corrected chi connectivity index (χ0v) is 11.8. The molecule has 1 aromatic rings. The second-order valence-electron chi connectivity index (χ2n) is 5.17. The van der Waals surface area contributed by atoms with E-state index in [0.29, 0.717) is 18.4 Å². The summed E-state index contributed by atoms with van der Waals surface area (Å²) in [7, 11) is 0. The molecule has 1 saturated heterocycles. The molecule has 0 saturated carbocycles. The molecule has 1 aliphatic rings. The molecule has 18 heavy (non-hydrogen) atoms. The van der Waals surface area contributed by atoms with Crippen LogP contribution in [0.15, 0.2) is 16.8 Å². The van der Waals surface area contributed by atoms with E-state index in [1.807, 2.05) is 6.92 Å². The summed E-state index contributed by atoms with van der Waals surface area (Å²) >= 11 is 1.71. The van der Waals surface area contributed by atoms with Crippen LogP contribution in [0.3, 0.4) is 0 Å². The molecule has 0 radical (unpaired) electrons. The quantitative estimate of drug-likeness (QED) is 0.890. The van der Waals surface area contributed by atoms with Gasteiger partial charge in [0.2, 0.25) is 5.91 Å². The second-order valence-corrected chi connectivity index (χ2v) is 5.95. The molecule has 2 atom stereocenters. The second kappa shape index (κ2) is 6.34. The summed E-state index contributed by atoms with van der Waals surface area (Å²) in [6.45, 7) is 2.91. The number of carbonyl (C=O) groups excluding carboxylic acids is 1. The lowest BCUT2D eigenvalue weighted by Crippen LogP contribution is -2.30. The van der Waals surface area contributed by atoms with Crippen LogP contribution in [0.25, 0.3) is 0 Å². The van der Waals surface area contributed by atoms with E-state index in [4.69, 9.17) is 5.73 Å². The first-order valence-electron chi connectivity index (χ1n) is 6.75. The van der Waals surface area contributed by atoms with Crippen LogP contribution < -0.4 is 5.73 Å². The van der Waals surface area contributed by atoms with Gasteiger partial charge in [0.25, 0.3) is 0 Å². The van der Waals surface area contributed by atoms with Crippen LogP contribution in [0.4, 0.5) is 0 Å². The minimum atomic E-state index is 0.198. The number of rotatable bonds is 5. The highest BCUT2D eigenvalue weighted by atomic mass is 32.1. The number of amides is 1. The van der Waals surface area contributed by atoms with E-state index in [1.165, 1.54) is 5.56 Å². The summed E-state index contributed by atoms with van der Waals surface area (Å²) in [6.07, 6.45) is 4.71. The fourth-order valence-corrected chi connectivity index (χ4v) is 3.30. The number of hydrogen-bond donors (Lipinski definition) is 1. The molecule has 4 heteroatoms. The molecule has 1 amide bonds. The average molecular weight is 266 g/mol. The molecule has 0 aliphatic carbocycles. The third kappa shape index (κ3) is 3.33. The maximum Gasteiger partial charge on any atom is 0.223 e. The largest absolute Gasteiger partial charge is 0.336 e. The normalized spacial score (nSPS) is 21.2. The van der Waals surface area contributed by atoms with E-state index in [2.05, 4.69) is 21.7 Å². The number of hydrogen-bond acceptors (Lipinski definition) is 3. The zero-order chi connectivity index (χ0) is 13.0. The van der Waals surface area contributed by atoms with Gasteiger partial charge in [-0.05, 0) is 55.0 Å². The smallest absolute Gasteiger partial charge is 0.223 e. The maximum absolute atomic E-state index is 12.2. The fourth-order valence-electron chi connectivity index (χ4n) is 2.60. The number of nitrogens with two attached hydrogens (primary N) is 1. The van der Waals surface area contributed by atoms with Crippen molar-refractivity contribution in [2.24, 2.45) is 5.73 Å². The molecule has 2 heterocycles. The first-order valence-corrected chi connectivity index (χ1v) is 7.70. The van der Waals surface area contributed by atoms with Gasteiger partial charge in [0.15, 0.2) is 0 Å². The van der Waals surface area contributed by atoms with E-state index in [1.54, 1.807) is 11.3 Å². The van der Waals surface area contributed by atoms with Crippen LogP contribution in [0.1, 0.15) is 50.6 Å². The lowest BCUT2D eigenvalue weighted by Gasteiger charge is -2.24. The SMILES string of the molecule is CC(N)CCCC(=O)N1CCCC1c1ccsc1. The Morgan fingerprint density at radius 1 is 1.67 bits per heavy atom. The van der Waals surface area contributed by atoms with E-state index >= 15 is 0 Å². The predicted octanol–water partition coefficient (Wildman–Crippen LogP) is 2.93. The zero-order valence-electron chi connectivity index (χ0n) is 11.0. The van der Waals surface area contributed by atoms with Crippen LogP contribution in [-0.4, -0.2) is 23.4 Å². The highest BCUT2D eigenvalue weighted by Crippen LogP contribution is 2.33. The van der Waals surface area contributed by atoms with Gasteiger partial charge in [-0.2, -0.15) is 11.3 Å². The van der Waals surface area contributed by atoms with Crippen LogP contribution in [0, 0.1) is 0 Å². The van der Waals surface area contributed by atoms with Gasteiger partial charge in [-0.1, -0.05) is 0 Å². The maximum atomic E-state index is 12.2. The summed E-state index contributed by atoms with van der Waals surface area (Å²) in [6, 6.07) is 2.66. The van der Waals surface area contributed by atoms with Gasteiger partial charge in [-0.15, -0.1) is 0 Å². The van der Waals surface area contributed by atoms with Crippen LogP contribution in [-0.2, 0) is 4.79 Å². The Morgan fingerprint density at radius 3 is 3.17 bits per heavy atom. The van der Waals surface area contributed by atoms with Crippen molar-refractivity contribution in [2.45, 2.75) is 51.1 Å². The van der Waals surface area contributed by atoms with E-state index < -0.39 is 0 Å². The molecule has 100 valence electrons. The summed E-state index contributed by atoms with van der Waals surface area (Å²) < 4.78 is 0. The predicted molar refractivity (Wildman–Crippen MR) is 75.5 cm³/mol. The molecule has 2 rings (SSSR count). The van der Waals surface area contributed by atoms with Crippen molar-refractivity contribution in [2.75, 3.05) is 6.54 Å². The monoisotopic (exact) mass is 266 g/mol. The molecular formula is C14H22N2OS. The van der Waals surface area contributed by atoms with Crippen molar-refractivity contribution >= 4 is 17.2 Å². The third-order valence-electron chi connectivity index (χ3n) is 3.55. The Labute approximate surface area is 113 Å². The van der Waals surface area contributed by atoms with Gasteiger partial charge in [0.1, 0.15) is 0 Å². The van der Waals surface area contributed by atoms with Crippen LogP contribution in [0.2, 0.25) is 0 Å².